The average Bonchev–Trinajstić information content (AvgIpc) is 2.94. The first-order valence-electron chi connectivity index (χ1n) is 13.1. The first kappa shape index (κ1) is 27.4. The molecule has 5 nitrogen and oxygen atoms in total. The highest BCUT2D eigenvalue weighted by Crippen LogP contribution is 2.33. The topological polar surface area (TPSA) is 59.7 Å². The van der Waals surface area contributed by atoms with Crippen molar-refractivity contribution in [3.05, 3.63) is 77.1 Å². The van der Waals surface area contributed by atoms with Gasteiger partial charge in [-0.05, 0) is 49.8 Å². The van der Waals surface area contributed by atoms with E-state index in [4.69, 9.17) is 0 Å². The number of aryl methyl sites for hydroxylation is 1. The SMILES string of the molecule is C=C(N=C(C)C1CC(c2ccc(CC)cc2)CN(C(=O)N2CCC(C#N)CC2)C1)c1cc(F)c(F)cc1F. The van der Waals surface area contributed by atoms with Crippen LogP contribution in [-0.4, -0.2) is 47.7 Å². The molecule has 2 atom stereocenters. The molecule has 0 radical (unpaired) electrons. The lowest BCUT2D eigenvalue weighted by Gasteiger charge is -2.41. The summed E-state index contributed by atoms with van der Waals surface area (Å²) in [5, 5.41) is 9.21. The van der Waals surface area contributed by atoms with Gasteiger partial charge in [-0.25, -0.2) is 18.0 Å². The Hall–Kier alpha value is -3.60. The van der Waals surface area contributed by atoms with Crippen molar-refractivity contribution in [2.24, 2.45) is 16.8 Å². The highest BCUT2D eigenvalue weighted by atomic mass is 19.2. The number of hydrogen-bond donors (Lipinski definition) is 0. The molecule has 0 spiro atoms. The van der Waals surface area contributed by atoms with Gasteiger partial charge in [-0.3, -0.25) is 4.99 Å². The fourth-order valence-electron chi connectivity index (χ4n) is 5.33. The largest absolute Gasteiger partial charge is 0.325 e. The average molecular weight is 523 g/mol. The summed E-state index contributed by atoms with van der Waals surface area (Å²) in [6.45, 7) is 9.80. The zero-order valence-corrected chi connectivity index (χ0v) is 21.9. The Morgan fingerprint density at radius 3 is 2.34 bits per heavy atom. The number of carbonyl (C=O) groups is 1. The van der Waals surface area contributed by atoms with E-state index in [1.165, 1.54) is 5.56 Å². The molecular formula is C30H33F3N4O. The quantitative estimate of drug-likeness (QED) is 0.330. The Morgan fingerprint density at radius 1 is 1.05 bits per heavy atom. The van der Waals surface area contributed by atoms with E-state index in [2.05, 4.69) is 48.8 Å². The van der Waals surface area contributed by atoms with Crippen LogP contribution < -0.4 is 0 Å². The molecule has 0 aromatic heterocycles. The van der Waals surface area contributed by atoms with Gasteiger partial charge in [-0.2, -0.15) is 5.26 Å². The van der Waals surface area contributed by atoms with E-state index in [1.807, 2.05) is 9.80 Å². The smallest absolute Gasteiger partial charge is 0.320 e. The summed E-state index contributed by atoms with van der Waals surface area (Å²) in [6, 6.07) is 11.9. The Morgan fingerprint density at radius 2 is 1.71 bits per heavy atom. The van der Waals surface area contributed by atoms with E-state index >= 15 is 0 Å². The first-order chi connectivity index (χ1) is 18.2. The molecule has 0 bridgehead atoms. The van der Waals surface area contributed by atoms with Crippen molar-refractivity contribution < 1.29 is 18.0 Å². The lowest BCUT2D eigenvalue weighted by molar-refractivity contribution is 0.119. The minimum absolute atomic E-state index is 0.00442. The maximum absolute atomic E-state index is 14.3. The summed E-state index contributed by atoms with van der Waals surface area (Å²) in [6.07, 6.45) is 3.00. The maximum Gasteiger partial charge on any atom is 0.320 e. The van der Waals surface area contributed by atoms with Crippen molar-refractivity contribution in [2.75, 3.05) is 26.2 Å². The van der Waals surface area contributed by atoms with Crippen LogP contribution >= 0.6 is 0 Å². The van der Waals surface area contributed by atoms with E-state index in [0.717, 1.165) is 24.5 Å². The standard InChI is InChI=1S/C30H33F3N4O/c1-4-21-5-7-23(8-6-21)25-13-24(17-37(18-25)30(38)36-11-9-22(16-34)10-12-36)19(2)35-20(3)26-14-28(32)29(33)15-27(26)31/h5-8,14-15,22,24-25H,3-4,9-13,17-18H2,1-2H3. The van der Waals surface area contributed by atoms with Gasteiger partial charge in [0.2, 0.25) is 0 Å². The molecule has 2 fully saturated rings. The molecule has 2 aliphatic heterocycles. The number of amides is 2. The van der Waals surface area contributed by atoms with E-state index in [-0.39, 0.29) is 35.0 Å². The van der Waals surface area contributed by atoms with Crippen LogP contribution in [0.5, 0.6) is 0 Å². The molecule has 2 heterocycles. The number of nitrogens with zero attached hydrogens (tertiary/aromatic N) is 4. The number of carbonyl (C=O) groups excluding carboxylic acids is 1. The van der Waals surface area contributed by atoms with Crippen molar-refractivity contribution in [3.63, 3.8) is 0 Å². The summed E-state index contributed by atoms with van der Waals surface area (Å²) in [7, 11) is 0. The van der Waals surface area contributed by atoms with Gasteiger partial charge < -0.3 is 9.80 Å². The molecule has 2 aromatic rings. The number of hydrogen-bond acceptors (Lipinski definition) is 3. The number of aliphatic imine (C=N–C) groups is 1. The fraction of sp³-hybridized carbons (Fsp3) is 0.433. The number of halogens is 3. The van der Waals surface area contributed by atoms with Crippen LogP contribution in [0.25, 0.3) is 5.70 Å². The summed E-state index contributed by atoms with van der Waals surface area (Å²) in [5.74, 6) is -3.45. The maximum atomic E-state index is 14.3. The molecule has 0 aliphatic carbocycles. The predicted octanol–water partition coefficient (Wildman–Crippen LogP) is 6.56. The number of likely N-dealkylation sites (tertiary alicyclic amines) is 2. The Bertz CT molecular complexity index is 1260. The molecule has 2 amide bonds. The lowest BCUT2D eigenvalue weighted by atomic mass is 9.82. The van der Waals surface area contributed by atoms with Gasteiger partial charge in [0.25, 0.3) is 0 Å². The van der Waals surface area contributed by atoms with E-state index in [9.17, 15) is 23.2 Å². The van der Waals surface area contributed by atoms with Crippen molar-refractivity contribution >= 4 is 17.4 Å². The Balaban J connectivity index is 1.58. The number of benzene rings is 2. The molecule has 8 heteroatoms. The van der Waals surface area contributed by atoms with Crippen LogP contribution in [0.2, 0.25) is 0 Å². The van der Waals surface area contributed by atoms with Gasteiger partial charge in [0.05, 0.1) is 11.8 Å². The molecule has 2 saturated heterocycles. The Kier molecular flexibility index (Phi) is 8.55. The van der Waals surface area contributed by atoms with Gasteiger partial charge in [-0.15, -0.1) is 0 Å². The minimum Gasteiger partial charge on any atom is -0.325 e. The van der Waals surface area contributed by atoms with Crippen LogP contribution in [0.15, 0.2) is 48.0 Å². The normalized spacial score (nSPS) is 20.8. The van der Waals surface area contributed by atoms with Crippen molar-refractivity contribution in [2.45, 2.75) is 45.4 Å². The van der Waals surface area contributed by atoms with Gasteiger partial charge >= 0.3 is 6.03 Å². The second-order valence-electron chi connectivity index (χ2n) is 10.2. The van der Waals surface area contributed by atoms with Gasteiger partial charge in [-0.1, -0.05) is 37.8 Å². The van der Waals surface area contributed by atoms with Gasteiger partial charge in [0.15, 0.2) is 11.6 Å². The first-order valence-corrected chi connectivity index (χ1v) is 13.1. The minimum atomic E-state index is -1.27. The van der Waals surface area contributed by atoms with Crippen LogP contribution in [0.4, 0.5) is 18.0 Å². The van der Waals surface area contributed by atoms with Crippen molar-refractivity contribution in [1.29, 1.82) is 5.26 Å². The lowest BCUT2D eigenvalue weighted by Crippen LogP contribution is -2.52. The summed E-state index contributed by atoms with van der Waals surface area (Å²) in [4.78, 5) is 21.7. The molecule has 2 aliphatic rings. The van der Waals surface area contributed by atoms with E-state index in [1.54, 1.807) is 6.92 Å². The third-order valence-corrected chi connectivity index (χ3v) is 7.75. The predicted molar refractivity (Wildman–Crippen MR) is 142 cm³/mol. The molecule has 0 saturated carbocycles. The monoisotopic (exact) mass is 522 g/mol. The number of piperidine rings is 2. The zero-order valence-electron chi connectivity index (χ0n) is 21.9. The third-order valence-electron chi connectivity index (χ3n) is 7.75. The van der Waals surface area contributed by atoms with Crippen LogP contribution in [0.1, 0.15) is 55.7 Å². The number of rotatable bonds is 5. The van der Waals surface area contributed by atoms with Crippen molar-refractivity contribution in [3.8, 4) is 6.07 Å². The fourth-order valence-corrected chi connectivity index (χ4v) is 5.33. The third kappa shape index (κ3) is 6.09. The molecule has 2 aromatic carbocycles. The van der Waals surface area contributed by atoms with Crippen molar-refractivity contribution in [1.82, 2.24) is 9.80 Å². The summed E-state index contributed by atoms with van der Waals surface area (Å²) < 4.78 is 41.5. The van der Waals surface area contributed by atoms with Gasteiger partial charge in [0, 0.05) is 61.3 Å². The zero-order chi connectivity index (χ0) is 27.4. The number of urea groups is 1. The summed E-state index contributed by atoms with van der Waals surface area (Å²) in [5.41, 5.74) is 2.82. The molecule has 0 N–H and O–H groups in total. The van der Waals surface area contributed by atoms with Crippen LogP contribution in [0, 0.1) is 40.6 Å². The van der Waals surface area contributed by atoms with Crippen LogP contribution in [0.3, 0.4) is 0 Å². The molecule has 38 heavy (non-hydrogen) atoms. The van der Waals surface area contributed by atoms with Crippen LogP contribution in [-0.2, 0) is 6.42 Å². The second kappa shape index (κ2) is 11.8. The molecule has 2 unspecified atom stereocenters. The highest BCUT2D eigenvalue weighted by molar-refractivity contribution is 5.90. The Labute approximate surface area is 222 Å². The molecule has 4 rings (SSSR count). The van der Waals surface area contributed by atoms with Gasteiger partial charge in [0.1, 0.15) is 5.82 Å². The van der Waals surface area contributed by atoms with E-state index < -0.39 is 17.5 Å². The van der Waals surface area contributed by atoms with E-state index in [0.29, 0.717) is 50.8 Å². The highest BCUT2D eigenvalue weighted by Gasteiger charge is 2.35. The number of nitriles is 1. The second-order valence-corrected chi connectivity index (χ2v) is 10.2. The summed E-state index contributed by atoms with van der Waals surface area (Å²) >= 11 is 0. The molecule has 200 valence electrons. The molecular weight excluding hydrogens is 489 g/mol.